The second-order valence-electron chi connectivity index (χ2n) is 8.49. The van der Waals surface area contributed by atoms with Crippen LogP contribution in [0.2, 0.25) is 0 Å². The third kappa shape index (κ3) is 7.14. The summed E-state index contributed by atoms with van der Waals surface area (Å²) in [6.07, 6.45) is 12.7. The number of aromatic nitrogens is 4. The normalized spacial score (nSPS) is 10.4. The van der Waals surface area contributed by atoms with Gasteiger partial charge in [0.05, 0.1) is 32.2 Å². The minimum atomic E-state index is -0.789. The SMILES string of the molecule is C#CCN(C#C)CCCOc1cc2ncnc(Nc3cc(CC(=O)Nc4cc(F)cc(F)c4)[nH]n3)c2cc1OC. The van der Waals surface area contributed by atoms with E-state index in [0.29, 0.717) is 65.8 Å². The third-order valence-corrected chi connectivity index (χ3v) is 5.59. The number of aromatic amines is 1. The van der Waals surface area contributed by atoms with Crippen LogP contribution in [0.1, 0.15) is 12.1 Å². The van der Waals surface area contributed by atoms with Crippen LogP contribution in [0, 0.1) is 36.4 Å². The number of ether oxygens (including phenoxy) is 2. The number of carbonyl (C=O) groups excluding carboxylic acids is 1. The third-order valence-electron chi connectivity index (χ3n) is 5.59. The summed E-state index contributed by atoms with van der Waals surface area (Å²) in [5, 5.41) is 13.1. The van der Waals surface area contributed by atoms with Crippen molar-refractivity contribution >= 4 is 34.1 Å². The molecule has 0 fully saturated rings. The molecule has 0 unspecified atom stereocenters. The van der Waals surface area contributed by atoms with Gasteiger partial charge < -0.3 is 25.0 Å². The van der Waals surface area contributed by atoms with E-state index in [1.165, 1.54) is 13.4 Å². The summed E-state index contributed by atoms with van der Waals surface area (Å²) < 4.78 is 38.2. The minimum absolute atomic E-state index is 0.0172. The monoisotopic (exact) mass is 545 g/mol. The number of fused-ring (bicyclic) bond motifs is 1. The first-order chi connectivity index (χ1) is 19.4. The Labute approximate surface area is 229 Å². The molecule has 0 spiro atoms. The van der Waals surface area contributed by atoms with Gasteiger partial charge in [-0.3, -0.25) is 9.89 Å². The molecule has 3 N–H and O–H groups in total. The van der Waals surface area contributed by atoms with Crippen LogP contribution in [-0.4, -0.2) is 57.8 Å². The summed E-state index contributed by atoms with van der Waals surface area (Å²) in [6, 6.07) is 10.4. The molecule has 1 amide bonds. The van der Waals surface area contributed by atoms with Crippen molar-refractivity contribution in [3.05, 3.63) is 60.1 Å². The fraction of sp³-hybridized carbons (Fsp3) is 0.214. The molecule has 10 nitrogen and oxygen atoms in total. The van der Waals surface area contributed by atoms with Gasteiger partial charge in [-0.1, -0.05) is 12.3 Å². The highest BCUT2D eigenvalue weighted by Gasteiger charge is 2.14. The van der Waals surface area contributed by atoms with Gasteiger partial charge in [0.2, 0.25) is 5.91 Å². The van der Waals surface area contributed by atoms with Crippen molar-refractivity contribution < 1.29 is 23.0 Å². The van der Waals surface area contributed by atoms with E-state index < -0.39 is 17.5 Å². The highest BCUT2D eigenvalue weighted by molar-refractivity contribution is 5.93. The lowest BCUT2D eigenvalue weighted by Gasteiger charge is -2.16. The summed E-state index contributed by atoms with van der Waals surface area (Å²) in [5.41, 5.74) is 1.08. The van der Waals surface area contributed by atoms with Crippen molar-refractivity contribution in [2.75, 3.05) is 37.4 Å². The molecule has 12 heteroatoms. The Kier molecular flexibility index (Phi) is 8.95. The maximum Gasteiger partial charge on any atom is 0.230 e. The number of terminal acetylenes is 2. The van der Waals surface area contributed by atoms with Crippen LogP contribution >= 0.6 is 0 Å². The number of carbonyl (C=O) groups is 1. The number of halogens is 2. The summed E-state index contributed by atoms with van der Waals surface area (Å²) in [6.45, 7) is 1.34. The molecule has 0 aliphatic carbocycles. The van der Waals surface area contributed by atoms with Crippen LogP contribution in [0.3, 0.4) is 0 Å². The molecule has 0 saturated carbocycles. The van der Waals surface area contributed by atoms with Gasteiger partial charge in [-0.2, -0.15) is 5.10 Å². The lowest BCUT2D eigenvalue weighted by atomic mass is 10.2. The molecule has 0 aliphatic heterocycles. The van der Waals surface area contributed by atoms with Crippen LogP contribution < -0.4 is 20.1 Å². The van der Waals surface area contributed by atoms with E-state index in [-0.39, 0.29) is 12.1 Å². The Bertz CT molecular complexity index is 1570. The molecular weight excluding hydrogens is 520 g/mol. The molecule has 2 heterocycles. The highest BCUT2D eigenvalue weighted by atomic mass is 19.1. The van der Waals surface area contributed by atoms with Gasteiger partial charge in [-0.15, -0.1) is 6.42 Å². The van der Waals surface area contributed by atoms with E-state index in [4.69, 9.17) is 22.3 Å². The maximum atomic E-state index is 13.4. The van der Waals surface area contributed by atoms with Crippen LogP contribution in [0.4, 0.5) is 26.1 Å². The van der Waals surface area contributed by atoms with Crippen LogP contribution in [0.15, 0.2) is 42.7 Å². The van der Waals surface area contributed by atoms with E-state index in [9.17, 15) is 13.6 Å². The Hall–Kier alpha value is -5.36. The van der Waals surface area contributed by atoms with E-state index in [2.05, 4.69) is 42.8 Å². The van der Waals surface area contributed by atoms with Gasteiger partial charge >= 0.3 is 0 Å². The van der Waals surface area contributed by atoms with Gasteiger partial charge in [0.15, 0.2) is 17.3 Å². The van der Waals surface area contributed by atoms with Crippen molar-refractivity contribution in [3.63, 3.8) is 0 Å². The molecular formula is C28H25F2N7O3. The van der Waals surface area contributed by atoms with Crippen LogP contribution in [-0.2, 0) is 11.2 Å². The Morgan fingerprint density at radius 1 is 1.10 bits per heavy atom. The molecule has 0 atom stereocenters. The smallest absolute Gasteiger partial charge is 0.230 e. The second kappa shape index (κ2) is 12.9. The maximum absolute atomic E-state index is 13.4. The number of methoxy groups -OCH3 is 1. The van der Waals surface area contributed by atoms with Gasteiger partial charge in [0.25, 0.3) is 0 Å². The summed E-state index contributed by atoms with van der Waals surface area (Å²) in [4.78, 5) is 22.7. The second-order valence-corrected chi connectivity index (χ2v) is 8.49. The van der Waals surface area contributed by atoms with E-state index >= 15 is 0 Å². The Balaban J connectivity index is 1.42. The van der Waals surface area contributed by atoms with Crippen molar-refractivity contribution in [1.82, 2.24) is 25.1 Å². The average molecular weight is 546 g/mol. The number of anilines is 3. The fourth-order valence-corrected chi connectivity index (χ4v) is 3.81. The van der Waals surface area contributed by atoms with E-state index in [1.54, 1.807) is 23.1 Å². The topological polar surface area (TPSA) is 117 Å². The van der Waals surface area contributed by atoms with Gasteiger partial charge in [0, 0.05) is 47.6 Å². The van der Waals surface area contributed by atoms with Crippen LogP contribution in [0.25, 0.3) is 10.9 Å². The Morgan fingerprint density at radius 3 is 2.62 bits per heavy atom. The largest absolute Gasteiger partial charge is 0.493 e. The van der Waals surface area contributed by atoms with Gasteiger partial charge in [-0.05, 0) is 24.6 Å². The highest BCUT2D eigenvalue weighted by Crippen LogP contribution is 2.34. The number of hydrogen-bond donors (Lipinski definition) is 3. The molecule has 204 valence electrons. The standard InChI is InChI=1S/C28H25F2N7O3/c1-4-7-37(5-2)8-6-9-40-25-16-23-22(15-24(25)39-3)28(32-17-31-23)34-26-13-21(35-36-26)14-27(38)33-20-11-18(29)10-19(30)12-20/h1-2,10-13,15-17H,6-9,14H2,3H3,(H,33,38)(H2,31,32,34,35,36). The van der Waals surface area contributed by atoms with Crippen molar-refractivity contribution in [2.45, 2.75) is 12.8 Å². The average Bonchev–Trinajstić information content (AvgIpc) is 3.35. The molecule has 2 aromatic heterocycles. The first kappa shape index (κ1) is 27.7. The molecule has 0 aliphatic rings. The van der Waals surface area contributed by atoms with Crippen LogP contribution in [0.5, 0.6) is 11.5 Å². The summed E-state index contributed by atoms with van der Waals surface area (Å²) >= 11 is 0. The lowest BCUT2D eigenvalue weighted by Crippen LogP contribution is -2.20. The summed E-state index contributed by atoms with van der Waals surface area (Å²) in [5.74, 6) is 2.29. The van der Waals surface area contributed by atoms with Crippen molar-refractivity contribution in [2.24, 2.45) is 0 Å². The zero-order chi connectivity index (χ0) is 28.5. The first-order valence-corrected chi connectivity index (χ1v) is 12.1. The van der Waals surface area contributed by atoms with Gasteiger partial charge in [-0.25, -0.2) is 18.7 Å². The molecule has 4 aromatic rings. The minimum Gasteiger partial charge on any atom is -0.493 e. The predicted octanol–water partition coefficient (Wildman–Crippen LogP) is 3.86. The van der Waals surface area contributed by atoms with E-state index in [1.807, 2.05) is 0 Å². The van der Waals surface area contributed by atoms with E-state index in [0.717, 1.165) is 18.2 Å². The zero-order valence-electron chi connectivity index (χ0n) is 21.5. The molecule has 40 heavy (non-hydrogen) atoms. The molecule has 0 saturated heterocycles. The number of nitrogens with zero attached hydrogens (tertiary/aromatic N) is 4. The number of hydrogen-bond acceptors (Lipinski definition) is 8. The molecule has 2 aromatic carbocycles. The number of nitrogens with one attached hydrogen (secondary N) is 3. The number of rotatable bonds is 12. The quantitative estimate of drug-likeness (QED) is 0.140. The number of benzene rings is 2. The Morgan fingerprint density at radius 2 is 1.90 bits per heavy atom. The number of H-pyrrole nitrogens is 1. The van der Waals surface area contributed by atoms with Gasteiger partial charge in [0.1, 0.15) is 23.8 Å². The van der Waals surface area contributed by atoms with Crippen molar-refractivity contribution in [1.29, 1.82) is 0 Å². The summed E-state index contributed by atoms with van der Waals surface area (Å²) in [7, 11) is 1.53. The fourth-order valence-electron chi connectivity index (χ4n) is 3.81. The number of amides is 1. The van der Waals surface area contributed by atoms with Crippen molar-refractivity contribution in [3.8, 4) is 36.3 Å². The molecule has 0 bridgehead atoms. The first-order valence-electron chi connectivity index (χ1n) is 12.1. The lowest BCUT2D eigenvalue weighted by molar-refractivity contribution is -0.115. The molecule has 0 radical (unpaired) electrons. The zero-order valence-corrected chi connectivity index (χ0v) is 21.5. The predicted molar refractivity (Wildman–Crippen MR) is 146 cm³/mol. The molecule has 4 rings (SSSR count).